The van der Waals surface area contributed by atoms with Gasteiger partial charge in [0, 0.05) is 13.1 Å². The molecule has 20 heavy (non-hydrogen) atoms. The molecule has 5 heteroatoms. The van der Waals surface area contributed by atoms with Crippen LogP contribution in [0.4, 0.5) is 0 Å². The Hall–Kier alpha value is -1.67. The Morgan fingerprint density at radius 3 is 2.65 bits per heavy atom. The van der Waals surface area contributed by atoms with Crippen LogP contribution in [0.3, 0.4) is 0 Å². The van der Waals surface area contributed by atoms with Gasteiger partial charge in [-0.05, 0) is 24.3 Å². The van der Waals surface area contributed by atoms with E-state index in [2.05, 4.69) is 0 Å². The first-order valence-corrected chi connectivity index (χ1v) is 7.77. The zero-order valence-electron chi connectivity index (χ0n) is 11.5. The van der Waals surface area contributed by atoms with Gasteiger partial charge in [-0.25, -0.2) is 0 Å². The van der Waals surface area contributed by atoms with Gasteiger partial charge in [0.15, 0.2) is 11.7 Å². The minimum atomic E-state index is -1.21. The summed E-state index contributed by atoms with van der Waals surface area (Å²) in [5.41, 5.74) is 0. The van der Waals surface area contributed by atoms with Gasteiger partial charge >= 0.3 is 0 Å². The summed E-state index contributed by atoms with van der Waals surface area (Å²) in [6, 6.07) is 5.46. The quantitative estimate of drug-likeness (QED) is 0.633. The average molecular weight is 290 g/mol. The molecule has 0 radical (unpaired) electrons. The smallest absolute Gasteiger partial charge is 0.247 e. The molecule has 0 saturated heterocycles. The van der Waals surface area contributed by atoms with Gasteiger partial charge < -0.3 is 4.90 Å². The molecule has 1 saturated carbocycles. The highest BCUT2D eigenvalue weighted by molar-refractivity contribution is 7.12. The molecule has 1 aliphatic carbocycles. The first-order valence-electron chi connectivity index (χ1n) is 6.89. The third-order valence-corrected chi connectivity index (χ3v) is 4.76. The van der Waals surface area contributed by atoms with E-state index in [9.17, 15) is 14.9 Å². The maximum absolute atomic E-state index is 12.4. The summed E-state index contributed by atoms with van der Waals surface area (Å²) < 4.78 is 0. The summed E-state index contributed by atoms with van der Waals surface area (Å²) in [6.07, 6.45) is 5.35. The Labute approximate surface area is 123 Å². The SMILES string of the molecule is CN(C(=O)[C@@H](C#N)C(=O)c1cccs1)C1CCCCC1. The number of hydrogen-bond donors (Lipinski definition) is 0. The lowest BCUT2D eigenvalue weighted by molar-refractivity contribution is -0.133. The molecule has 1 atom stereocenters. The van der Waals surface area contributed by atoms with Gasteiger partial charge in [-0.15, -0.1) is 11.3 Å². The van der Waals surface area contributed by atoms with Crippen LogP contribution in [0.2, 0.25) is 0 Å². The van der Waals surface area contributed by atoms with E-state index in [1.54, 1.807) is 29.5 Å². The van der Waals surface area contributed by atoms with Crippen LogP contribution in [-0.2, 0) is 4.79 Å². The number of amides is 1. The van der Waals surface area contributed by atoms with Crippen LogP contribution >= 0.6 is 11.3 Å². The van der Waals surface area contributed by atoms with Gasteiger partial charge in [-0.3, -0.25) is 9.59 Å². The molecule has 1 aromatic heterocycles. The Bertz CT molecular complexity index is 512. The van der Waals surface area contributed by atoms with Gasteiger partial charge in [0.2, 0.25) is 5.91 Å². The summed E-state index contributed by atoms with van der Waals surface area (Å²) >= 11 is 1.27. The predicted octanol–water partition coefficient (Wildman–Crippen LogP) is 2.86. The monoisotopic (exact) mass is 290 g/mol. The second-order valence-electron chi connectivity index (χ2n) is 5.14. The molecule has 0 spiro atoms. The standard InChI is InChI=1S/C15H18N2O2S/c1-17(11-6-3-2-4-7-11)15(19)12(10-16)14(18)13-8-5-9-20-13/h5,8-9,11-12H,2-4,6-7H2,1H3/t12-/m0/s1. The largest absolute Gasteiger partial charge is 0.341 e. The van der Waals surface area contributed by atoms with Crippen LogP contribution in [-0.4, -0.2) is 29.7 Å². The third kappa shape index (κ3) is 3.07. The van der Waals surface area contributed by atoms with Crippen molar-refractivity contribution in [2.24, 2.45) is 5.92 Å². The molecule has 1 aromatic rings. The van der Waals surface area contributed by atoms with Gasteiger partial charge in [0.05, 0.1) is 10.9 Å². The van der Waals surface area contributed by atoms with Gasteiger partial charge in [0.25, 0.3) is 0 Å². The van der Waals surface area contributed by atoms with Crippen molar-refractivity contribution in [2.45, 2.75) is 38.1 Å². The lowest BCUT2D eigenvalue weighted by atomic mass is 9.93. The molecule has 0 aliphatic heterocycles. The number of thiophene rings is 1. The second kappa shape index (κ2) is 6.67. The number of hydrogen-bond acceptors (Lipinski definition) is 4. The number of nitriles is 1. The van der Waals surface area contributed by atoms with Crippen molar-refractivity contribution >= 4 is 23.0 Å². The van der Waals surface area contributed by atoms with Gasteiger partial charge in [-0.1, -0.05) is 25.3 Å². The predicted molar refractivity (Wildman–Crippen MR) is 77.4 cm³/mol. The van der Waals surface area contributed by atoms with Crippen LogP contribution < -0.4 is 0 Å². The van der Waals surface area contributed by atoms with E-state index in [-0.39, 0.29) is 17.7 Å². The summed E-state index contributed by atoms with van der Waals surface area (Å²) in [5, 5.41) is 11.0. The summed E-state index contributed by atoms with van der Waals surface area (Å²) in [4.78, 5) is 26.7. The summed E-state index contributed by atoms with van der Waals surface area (Å²) in [6.45, 7) is 0. The first kappa shape index (κ1) is 14.7. The molecule has 0 unspecified atom stereocenters. The van der Waals surface area contributed by atoms with Crippen molar-refractivity contribution in [1.82, 2.24) is 4.90 Å². The van der Waals surface area contributed by atoms with Crippen molar-refractivity contribution in [2.75, 3.05) is 7.05 Å². The molecule has 1 aliphatic rings. The van der Waals surface area contributed by atoms with Crippen LogP contribution in [0.5, 0.6) is 0 Å². The molecule has 106 valence electrons. The first-order chi connectivity index (χ1) is 9.65. The molecular formula is C15H18N2O2S. The van der Waals surface area contributed by atoms with E-state index >= 15 is 0 Å². The molecule has 1 fully saturated rings. The zero-order valence-corrected chi connectivity index (χ0v) is 12.4. The number of carbonyl (C=O) groups is 2. The number of nitrogens with zero attached hydrogens (tertiary/aromatic N) is 2. The number of rotatable bonds is 4. The third-order valence-electron chi connectivity index (χ3n) is 3.87. The fourth-order valence-electron chi connectivity index (χ4n) is 2.64. The maximum atomic E-state index is 12.4. The van der Waals surface area contributed by atoms with Crippen molar-refractivity contribution in [3.8, 4) is 6.07 Å². The van der Waals surface area contributed by atoms with E-state index in [1.807, 2.05) is 6.07 Å². The van der Waals surface area contributed by atoms with Gasteiger partial charge in [0.1, 0.15) is 0 Å². The lowest BCUT2D eigenvalue weighted by Gasteiger charge is -2.32. The Kier molecular flexibility index (Phi) is 4.91. The molecule has 2 rings (SSSR count). The zero-order chi connectivity index (χ0) is 14.5. The second-order valence-corrected chi connectivity index (χ2v) is 6.09. The average Bonchev–Trinajstić information content (AvgIpc) is 3.02. The van der Waals surface area contributed by atoms with E-state index < -0.39 is 5.92 Å². The van der Waals surface area contributed by atoms with Crippen LogP contribution in [0, 0.1) is 17.2 Å². The van der Waals surface area contributed by atoms with Crippen molar-refractivity contribution < 1.29 is 9.59 Å². The molecule has 1 amide bonds. The number of ketones is 1. The molecular weight excluding hydrogens is 272 g/mol. The Balaban J connectivity index is 2.09. The van der Waals surface area contributed by atoms with Crippen molar-refractivity contribution in [3.05, 3.63) is 22.4 Å². The van der Waals surface area contributed by atoms with E-state index in [4.69, 9.17) is 0 Å². The minimum Gasteiger partial charge on any atom is -0.341 e. The minimum absolute atomic E-state index is 0.170. The number of Topliss-reactive ketones (excluding diaryl/α,β-unsaturated/α-hetero) is 1. The molecule has 0 aromatic carbocycles. The Morgan fingerprint density at radius 1 is 1.40 bits per heavy atom. The van der Waals surface area contributed by atoms with Gasteiger partial charge in [-0.2, -0.15) is 5.26 Å². The highest BCUT2D eigenvalue weighted by atomic mass is 32.1. The van der Waals surface area contributed by atoms with E-state index in [0.29, 0.717) is 4.88 Å². The number of carbonyl (C=O) groups excluding carboxylic acids is 2. The normalized spacial score (nSPS) is 17.2. The fourth-order valence-corrected chi connectivity index (χ4v) is 3.33. The fraction of sp³-hybridized carbons (Fsp3) is 0.533. The summed E-state index contributed by atoms with van der Waals surface area (Å²) in [5.74, 6) is -1.95. The van der Waals surface area contributed by atoms with Crippen LogP contribution in [0.25, 0.3) is 0 Å². The molecule has 0 bridgehead atoms. The highest BCUT2D eigenvalue weighted by Gasteiger charge is 2.33. The lowest BCUT2D eigenvalue weighted by Crippen LogP contribution is -2.43. The Morgan fingerprint density at radius 2 is 2.10 bits per heavy atom. The summed E-state index contributed by atoms with van der Waals surface area (Å²) in [7, 11) is 1.71. The van der Waals surface area contributed by atoms with Crippen molar-refractivity contribution in [3.63, 3.8) is 0 Å². The highest BCUT2D eigenvalue weighted by Crippen LogP contribution is 2.24. The topological polar surface area (TPSA) is 61.2 Å². The van der Waals surface area contributed by atoms with E-state index in [0.717, 1.165) is 25.7 Å². The van der Waals surface area contributed by atoms with Crippen LogP contribution in [0.15, 0.2) is 17.5 Å². The van der Waals surface area contributed by atoms with Crippen molar-refractivity contribution in [1.29, 1.82) is 5.26 Å². The van der Waals surface area contributed by atoms with E-state index in [1.165, 1.54) is 17.8 Å². The van der Waals surface area contributed by atoms with Crippen LogP contribution in [0.1, 0.15) is 41.8 Å². The maximum Gasteiger partial charge on any atom is 0.247 e. The molecule has 4 nitrogen and oxygen atoms in total. The molecule has 1 heterocycles. The molecule has 0 N–H and O–H groups in total.